The van der Waals surface area contributed by atoms with Crippen molar-refractivity contribution in [3.63, 3.8) is 0 Å². The molecule has 2 aliphatic heterocycles. The van der Waals surface area contributed by atoms with Gasteiger partial charge in [0.05, 0.1) is 0 Å². The van der Waals surface area contributed by atoms with E-state index in [9.17, 15) is 0 Å². The third-order valence-corrected chi connectivity index (χ3v) is 5.16. The van der Waals surface area contributed by atoms with Crippen molar-refractivity contribution in [2.45, 2.75) is 62.5 Å². The Kier molecular flexibility index (Phi) is 5.64. The van der Waals surface area contributed by atoms with Gasteiger partial charge >= 0.3 is 0 Å². The zero-order valence-electron chi connectivity index (χ0n) is 11.5. The van der Waals surface area contributed by atoms with E-state index in [1.807, 2.05) is 0 Å². The van der Waals surface area contributed by atoms with Crippen molar-refractivity contribution < 1.29 is 0 Å². The van der Waals surface area contributed by atoms with Crippen molar-refractivity contribution >= 4 is 11.8 Å². The van der Waals surface area contributed by atoms with Gasteiger partial charge in [0.2, 0.25) is 0 Å². The highest BCUT2D eigenvalue weighted by Gasteiger charge is 2.22. The van der Waals surface area contributed by atoms with Crippen LogP contribution in [0.2, 0.25) is 0 Å². The van der Waals surface area contributed by atoms with E-state index in [1.54, 1.807) is 0 Å². The van der Waals surface area contributed by atoms with Crippen LogP contribution in [-0.2, 0) is 0 Å². The summed E-state index contributed by atoms with van der Waals surface area (Å²) in [5.41, 5.74) is 0. The van der Waals surface area contributed by atoms with E-state index in [1.165, 1.54) is 58.3 Å². The molecule has 0 spiro atoms. The van der Waals surface area contributed by atoms with Crippen LogP contribution in [0, 0.1) is 0 Å². The van der Waals surface area contributed by atoms with Gasteiger partial charge in [-0.2, -0.15) is 11.8 Å². The van der Waals surface area contributed by atoms with Crippen molar-refractivity contribution in [2.24, 2.45) is 0 Å². The Morgan fingerprint density at radius 1 is 1.18 bits per heavy atom. The van der Waals surface area contributed by atoms with Crippen LogP contribution >= 0.6 is 11.8 Å². The lowest BCUT2D eigenvalue weighted by molar-refractivity contribution is 0.255. The first kappa shape index (κ1) is 13.7. The van der Waals surface area contributed by atoms with Crippen LogP contribution in [-0.4, -0.2) is 47.6 Å². The molecule has 17 heavy (non-hydrogen) atoms. The molecule has 0 aliphatic carbocycles. The molecule has 2 nitrogen and oxygen atoms in total. The summed E-state index contributed by atoms with van der Waals surface area (Å²) < 4.78 is 0. The van der Waals surface area contributed by atoms with Crippen LogP contribution in [0.1, 0.15) is 46.0 Å². The van der Waals surface area contributed by atoms with E-state index < -0.39 is 0 Å². The van der Waals surface area contributed by atoms with Gasteiger partial charge in [-0.25, -0.2) is 0 Å². The SMILES string of the molecule is CC1CN(CCCC2CCCCN2)CC(C)S1. The Labute approximate surface area is 111 Å². The van der Waals surface area contributed by atoms with Gasteiger partial charge in [-0.05, 0) is 38.8 Å². The summed E-state index contributed by atoms with van der Waals surface area (Å²) in [5, 5.41) is 5.30. The molecule has 3 heteroatoms. The Morgan fingerprint density at radius 3 is 2.59 bits per heavy atom. The fourth-order valence-electron chi connectivity index (χ4n) is 3.20. The van der Waals surface area contributed by atoms with Gasteiger partial charge in [-0.15, -0.1) is 0 Å². The van der Waals surface area contributed by atoms with Gasteiger partial charge in [0, 0.05) is 29.6 Å². The number of hydrogen-bond acceptors (Lipinski definition) is 3. The van der Waals surface area contributed by atoms with Crippen LogP contribution in [0.5, 0.6) is 0 Å². The smallest absolute Gasteiger partial charge is 0.0149 e. The maximum absolute atomic E-state index is 3.65. The van der Waals surface area contributed by atoms with E-state index in [0.717, 1.165) is 16.5 Å². The van der Waals surface area contributed by atoms with Gasteiger partial charge in [0.15, 0.2) is 0 Å². The average molecular weight is 256 g/mol. The van der Waals surface area contributed by atoms with Crippen LogP contribution in [0.4, 0.5) is 0 Å². The normalized spacial score (nSPS) is 36.0. The Balaban J connectivity index is 1.60. The van der Waals surface area contributed by atoms with Crippen molar-refractivity contribution in [3.8, 4) is 0 Å². The van der Waals surface area contributed by atoms with E-state index in [0.29, 0.717) is 0 Å². The lowest BCUT2D eigenvalue weighted by Crippen LogP contribution is -2.41. The minimum Gasteiger partial charge on any atom is -0.314 e. The predicted octanol–water partition coefficient (Wildman–Crippen LogP) is 2.73. The summed E-state index contributed by atoms with van der Waals surface area (Å²) in [6, 6.07) is 0.817. The first-order valence-electron chi connectivity index (χ1n) is 7.35. The molecule has 0 radical (unpaired) electrons. The maximum Gasteiger partial charge on any atom is 0.0149 e. The molecule has 0 amide bonds. The summed E-state index contributed by atoms with van der Waals surface area (Å²) in [7, 11) is 0. The van der Waals surface area contributed by atoms with E-state index in [2.05, 4.69) is 35.8 Å². The predicted molar refractivity (Wildman–Crippen MR) is 77.8 cm³/mol. The second-order valence-electron chi connectivity index (χ2n) is 5.81. The van der Waals surface area contributed by atoms with Gasteiger partial charge in [0.1, 0.15) is 0 Å². The molecule has 0 aromatic carbocycles. The number of piperidine rings is 1. The molecule has 2 heterocycles. The van der Waals surface area contributed by atoms with Crippen LogP contribution in [0.25, 0.3) is 0 Å². The Morgan fingerprint density at radius 2 is 1.94 bits per heavy atom. The topological polar surface area (TPSA) is 15.3 Å². The Hall–Kier alpha value is 0.270. The molecule has 0 aromatic heterocycles. The summed E-state index contributed by atoms with van der Waals surface area (Å²) in [6.07, 6.45) is 6.98. The molecule has 2 saturated heterocycles. The first-order valence-corrected chi connectivity index (χ1v) is 8.29. The van der Waals surface area contributed by atoms with Gasteiger partial charge in [-0.1, -0.05) is 20.3 Å². The number of rotatable bonds is 4. The highest BCUT2D eigenvalue weighted by Crippen LogP contribution is 2.24. The largest absolute Gasteiger partial charge is 0.314 e. The molecule has 2 aliphatic rings. The van der Waals surface area contributed by atoms with Crippen molar-refractivity contribution in [2.75, 3.05) is 26.2 Å². The molecule has 1 N–H and O–H groups in total. The molecule has 0 aromatic rings. The van der Waals surface area contributed by atoms with E-state index >= 15 is 0 Å². The van der Waals surface area contributed by atoms with E-state index in [-0.39, 0.29) is 0 Å². The first-order chi connectivity index (χ1) is 8.24. The fourth-order valence-corrected chi connectivity index (χ4v) is 4.59. The van der Waals surface area contributed by atoms with Gasteiger partial charge < -0.3 is 10.2 Å². The molecule has 2 fully saturated rings. The zero-order valence-corrected chi connectivity index (χ0v) is 12.3. The summed E-state index contributed by atoms with van der Waals surface area (Å²) in [4.78, 5) is 2.68. The van der Waals surface area contributed by atoms with E-state index in [4.69, 9.17) is 0 Å². The second kappa shape index (κ2) is 7.01. The number of nitrogens with one attached hydrogen (secondary N) is 1. The highest BCUT2D eigenvalue weighted by molar-refractivity contribution is 8.00. The third kappa shape index (κ3) is 4.80. The molecule has 100 valence electrons. The molecule has 3 unspecified atom stereocenters. The van der Waals surface area contributed by atoms with Crippen LogP contribution in [0.3, 0.4) is 0 Å². The average Bonchev–Trinajstić information content (AvgIpc) is 2.29. The van der Waals surface area contributed by atoms with Crippen molar-refractivity contribution in [1.82, 2.24) is 10.2 Å². The quantitative estimate of drug-likeness (QED) is 0.832. The molecule has 0 bridgehead atoms. The minimum atomic E-state index is 0.817. The number of hydrogen-bond donors (Lipinski definition) is 1. The molecule has 2 rings (SSSR count). The zero-order chi connectivity index (χ0) is 12.1. The molecular weight excluding hydrogens is 228 g/mol. The number of thioether (sulfide) groups is 1. The maximum atomic E-state index is 3.65. The molecule has 0 saturated carbocycles. The van der Waals surface area contributed by atoms with Gasteiger partial charge in [0.25, 0.3) is 0 Å². The van der Waals surface area contributed by atoms with Gasteiger partial charge in [-0.3, -0.25) is 0 Å². The van der Waals surface area contributed by atoms with Crippen molar-refractivity contribution in [1.29, 1.82) is 0 Å². The molecular formula is C14H28N2S. The van der Waals surface area contributed by atoms with Crippen molar-refractivity contribution in [3.05, 3.63) is 0 Å². The minimum absolute atomic E-state index is 0.817. The monoisotopic (exact) mass is 256 g/mol. The summed E-state index contributed by atoms with van der Waals surface area (Å²) in [5.74, 6) is 0. The molecule has 3 atom stereocenters. The van der Waals surface area contributed by atoms with Crippen LogP contribution < -0.4 is 5.32 Å². The number of nitrogens with zero attached hydrogens (tertiary/aromatic N) is 1. The highest BCUT2D eigenvalue weighted by atomic mass is 32.2. The fraction of sp³-hybridized carbons (Fsp3) is 1.00. The standard InChI is InChI=1S/C14H28N2S/c1-12-10-16(11-13(2)17-12)9-5-7-14-6-3-4-8-15-14/h12-15H,3-11H2,1-2H3. The Bertz CT molecular complexity index is 206. The lowest BCUT2D eigenvalue weighted by atomic mass is 10.0. The second-order valence-corrected chi connectivity index (χ2v) is 7.69. The summed E-state index contributed by atoms with van der Waals surface area (Å²) >= 11 is 2.15. The van der Waals surface area contributed by atoms with Crippen LogP contribution in [0.15, 0.2) is 0 Å². The third-order valence-electron chi connectivity index (χ3n) is 3.93. The summed E-state index contributed by atoms with van der Waals surface area (Å²) in [6.45, 7) is 9.90. The lowest BCUT2D eigenvalue weighted by Gasteiger charge is -2.35.